The maximum absolute atomic E-state index is 9.65. The molecule has 0 aliphatic carbocycles. The Hall–Kier alpha value is -2.75. The lowest BCUT2D eigenvalue weighted by atomic mass is 9.80. The van der Waals surface area contributed by atoms with Crippen molar-refractivity contribution < 1.29 is 14.8 Å². The molecular weight excluding hydrogens is 339 g/mol. The highest BCUT2D eigenvalue weighted by Gasteiger charge is 2.25. The molecule has 5 nitrogen and oxygen atoms in total. The highest BCUT2D eigenvalue weighted by atomic mass is 16.5. The molecule has 0 spiro atoms. The summed E-state index contributed by atoms with van der Waals surface area (Å²) >= 11 is 0. The number of ether oxygens (including phenoxy) is 1. The van der Waals surface area contributed by atoms with Crippen LogP contribution in [-0.4, -0.2) is 30.3 Å². The van der Waals surface area contributed by atoms with Crippen LogP contribution in [0.5, 0.6) is 5.75 Å². The monoisotopic (exact) mass is 362 g/mol. The normalized spacial score (nSPS) is 12.3. The number of hydrogen-bond donors (Lipinski definition) is 3. The second-order valence-corrected chi connectivity index (χ2v) is 7.03. The van der Waals surface area contributed by atoms with Crippen molar-refractivity contribution in [3.8, 4) is 22.9 Å². The van der Waals surface area contributed by atoms with Crippen LogP contribution >= 0.6 is 0 Å². The zero-order valence-corrected chi connectivity index (χ0v) is 15.6. The molecular formula is C21H23BN2O3. The predicted octanol–water partition coefficient (Wildman–Crippen LogP) is 3.26. The Labute approximate surface area is 160 Å². The molecule has 1 heterocycles. The highest BCUT2D eigenvalue weighted by molar-refractivity contribution is 6.50. The Bertz CT molecular complexity index is 899. The third-order valence-electron chi connectivity index (χ3n) is 4.85. The molecule has 0 radical (unpaired) electrons. The SMILES string of the molecule is C=C(CNc1cc(-c2ccc(C(C)C)cc2)c2c(c1C#N)CCO2)B(O)O. The summed E-state index contributed by atoms with van der Waals surface area (Å²) in [7, 11) is -1.59. The number of rotatable bonds is 6. The van der Waals surface area contributed by atoms with Gasteiger partial charge in [0.15, 0.2) is 0 Å². The van der Waals surface area contributed by atoms with Gasteiger partial charge in [0.2, 0.25) is 0 Å². The average Bonchev–Trinajstić information content (AvgIpc) is 3.14. The van der Waals surface area contributed by atoms with Gasteiger partial charge in [0, 0.05) is 24.1 Å². The summed E-state index contributed by atoms with van der Waals surface area (Å²) in [5, 5.41) is 31.2. The van der Waals surface area contributed by atoms with Crippen molar-refractivity contribution in [3.63, 3.8) is 0 Å². The minimum absolute atomic E-state index is 0.164. The van der Waals surface area contributed by atoms with E-state index in [4.69, 9.17) is 4.74 Å². The zero-order valence-electron chi connectivity index (χ0n) is 15.6. The first-order valence-corrected chi connectivity index (χ1v) is 9.03. The highest BCUT2D eigenvalue weighted by Crippen LogP contribution is 2.42. The van der Waals surface area contributed by atoms with Gasteiger partial charge in [-0.15, -0.1) is 6.58 Å². The van der Waals surface area contributed by atoms with Crippen LogP contribution in [0.3, 0.4) is 0 Å². The van der Waals surface area contributed by atoms with Crippen LogP contribution in [0.1, 0.15) is 36.5 Å². The number of nitrogens with zero attached hydrogens (tertiary/aromatic N) is 1. The molecule has 3 N–H and O–H groups in total. The summed E-state index contributed by atoms with van der Waals surface area (Å²) in [6.45, 7) is 8.66. The van der Waals surface area contributed by atoms with Gasteiger partial charge in [0.05, 0.1) is 17.9 Å². The molecule has 0 saturated carbocycles. The molecule has 0 atom stereocenters. The number of benzene rings is 2. The van der Waals surface area contributed by atoms with E-state index in [2.05, 4.69) is 56.1 Å². The van der Waals surface area contributed by atoms with Gasteiger partial charge in [-0.3, -0.25) is 0 Å². The lowest BCUT2D eigenvalue weighted by molar-refractivity contribution is 0.358. The van der Waals surface area contributed by atoms with E-state index >= 15 is 0 Å². The number of hydrogen-bond acceptors (Lipinski definition) is 5. The van der Waals surface area contributed by atoms with Gasteiger partial charge in [0.25, 0.3) is 0 Å². The molecule has 1 aliphatic heterocycles. The van der Waals surface area contributed by atoms with E-state index < -0.39 is 7.12 Å². The second kappa shape index (κ2) is 7.87. The van der Waals surface area contributed by atoms with Crippen molar-refractivity contribution in [2.45, 2.75) is 26.2 Å². The molecule has 0 fully saturated rings. The molecule has 1 aliphatic rings. The average molecular weight is 362 g/mol. The molecule has 0 saturated heterocycles. The number of nitrogens with one attached hydrogen (secondary N) is 1. The fraction of sp³-hybridized carbons (Fsp3) is 0.286. The molecule has 6 heteroatoms. The molecule has 0 amide bonds. The van der Waals surface area contributed by atoms with Gasteiger partial charge in [0.1, 0.15) is 11.8 Å². The van der Waals surface area contributed by atoms with E-state index in [9.17, 15) is 15.3 Å². The van der Waals surface area contributed by atoms with Crippen molar-refractivity contribution in [1.29, 1.82) is 5.26 Å². The van der Waals surface area contributed by atoms with Crippen molar-refractivity contribution in [3.05, 3.63) is 59.1 Å². The molecule has 138 valence electrons. The van der Waals surface area contributed by atoms with Gasteiger partial charge >= 0.3 is 7.12 Å². The molecule has 27 heavy (non-hydrogen) atoms. The van der Waals surface area contributed by atoms with Crippen molar-refractivity contribution in [2.24, 2.45) is 0 Å². The smallest absolute Gasteiger partial charge is 0.485 e. The largest absolute Gasteiger partial charge is 0.492 e. The Kier molecular flexibility index (Phi) is 5.55. The Morgan fingerprint density at radius 2 is 2.04 bits per heavy atom. The van der Waals surface area contributed by atoms with Crippen LogP contribution < -0.4 is 10.1 Å². The summed E-state index contributed by atoms with van der Waals surface area (Å²) in [4.78, 5) is 0. The third-order valence-corrected chi connectivity index (χ3v) is 4.85. The first-order chi connectivity index (χ1) is 12.9. The molecule has 2 aromatic rings. The quantitative estimate of drug-likeness (QED) is 0.687. The van der Waals surface area contributed by atoms with Crippen molar-refractivity contribution >= 4 is 12.8 Å². The van der Waals surface area contributed by atoms with E-state index in [0.29, 0.717) is 30.2 Å². The molecule has 2 aromatic carbocycles. The molecule has 0 aromatic heterocycles. The number of nitriles is 1. The van der Waals surface area contributed by atoms with E-state index in [1.807, 2.05) is 6.07 Å². The second-order valence-electron chi connectivity index (χ2n) is 7.03. The number of fused-ring (bicyclic) bond motifs is 1. The van der Waals surface area contributed by atoms with Gasteiger partial charge in [-0.05, 0) is 28.6 Å². The molecule has 0 unspecified atom stereocenters. The molecule has 0 bridgehead atoms. The maximum Gasteiger partial charge on any atom is 0.485 e. The van der Waals surface area contributed by atoms with Crippen molar-refractivity contribution in [2.75, 3.05) is 18.5 Å². The Morgan fingerprint density at radius 1 is 1.33 bits per heavy atom. The minimum Gasteiger partial charge on any atom is -0.492 e. The minimum atomic E-state index is -1.59. The van der Waals surface area contributed by atoms with Crippen LogP contribution in [0, 0.1) is 11.3 Å². The predicted molar refractivity (Wildman–Crippen MR) is 108 cm³/mol. The summed E-state index contributed by atoms with van der Waals surface area (Å²) in [6.07, 6.45) is 0.675. The lowest BCUT2D eigenvalue weighted by Crippen LogP contribution is -2.21. The van der Waals surface area contributed by atoms with E-state index in [0.717, 1.165) is 22.4 Å². The van der Waals surface area contributed by atoms with Crippen LogP contribution in [0.25, 0.3) is 11.1 Å². The topological polar surface area (TPSA) is 85.5 Å². The third kappa shape index (κ3) is 3.85. The van der Waals surface area contributed by atoms with Gasteiger partial charge in [-0.1, -0.05) is 38.1 Å². The lowest BCUT2D eigenvalue weighted by Gasteiger charge is -2.16. The van der Waals surface area contributed by atoms with Crippen LogP contribution in [0.4, 0.5) is 5.69 Å². The first kappa shape index (κ1) is 19.0. The standard InChI is InChI=1S/C21H23BN2O3/c1-13(2)15-4-6-16(7-5-15)18-10-20(24-12-14(3)22(25)26)19(11-23)17-8-9-27-21(17)18/h4-7,10,13,24-26H,3,8-9,12H2,1-2H3. The number of anilines is 1. The van der Waals surface area contributed by atoms with E-state index in [1.165, 1.54) is 5.56 Å². The summed E-state index contributed by atoms with van der Waals surface area (Å²) in [6, 6.07) is 12.5. The first-order valence-electron chi connectivity index (χ1n) is 9.03. The van der Waals surface area contributed by atoms with Crippen LogP contribution in [-0.2, 0) is 6.42 Å². The van der Waals surface area contributed by atoms with E-state index in [1.54, 1.807) is 0 Å². The Balaban J connectivity index is 2.04. The summed E-state index contributed by atoms with van der Waals surface area (Å²) in [5.41, 5.74) is 5.51. The fourth-order valence-electron chi connectivity index (χ4n) is 3.21. The summed E-state index contributed by atoms with van der Waals surface area (Å²) < 4.78 is 5.85. The maximum atomic E-state index is 9.65. The van der Waals surface area contributed by atoms with Crippen molar-refractivity contribution in [1.82, 2.24) is 0 Å². The Morgan fingerprint density at radius 3 is 2.63 bits per heavy atom. The van der Waals surface area contributed by atoms with Gasteiger partial charge in [-0.25, -0.2) is 0 Å². The van der Waals surface area contributed by atoms with Crippen LogP contribution in [0.15, 0.2) is 42.4 Å². The van der Waals surface area contributed by atoms with E-state index in [-0.39, 0.29) is 12.0 Å². The zero-order chi connectivity index (χ0) is 19.6. The summed E-state index contributed by atoms with van der Waals surface area (Å²) in [5.74, 6) is 1.21. The van der Waals surface area contributed by atoms with Gasteiger partial charge in [-0.2, -0.15) is 5.26 Å². The van der Waals surface area contributed by atoms with Crippen LogP contribution in [0.2, 0.25) is 0 Å². The molecule has 3 rings (SSSR count). The van der Waals surface area contributed by atoms with Gasteiger partial charge < -0.3 is 20.1 Å². The fourth-order valence-corrected chi connectivity index (χ4v) is 3.21.